The highest BCUT2D eigenvalue weighted by Crippen LogP contribution is 2.03. The summed E-state index contributed by atoms with van der Waals surface area (Å²) in [7, 11) is 0. The van der Waals surface area contributed by atoms with Gasteiger partial charge in [-0.15, -0.1) is 0 Å². The standard InChI is InChI=1S/C6H10N2OS/c1-4(10)3-6-7-5(2)8-9-6/h4,10H,3H2,1-2H3. The Morgan fingerprint density at radius 3 is 2.80 bits per heavy atom. The first kappa shape index (κ1) is 7.60. The molecule has 0 aliphatic heterocycles. The molecule has 1 unspecified atom stereocenters. The zero-order valence-corrected chi connectivity index (χ0v) is 6.93. The summed E-state index contributed by atoms with van der Waals surface area (Å²) in [5, 5.41) is 3.93. The van der Waals surface area contributed by atoms with Gasteiger partial charge < -0.3 is 4.52 Å². The van der Waals surface area contributed by atoms with Crippen molar-refractivity contribution >= 4 is 12.6 Å². The maximum absolute atomic E-state index is 4.87. The van der Waals surface area contributed by atoms with Crippen LogP contribution in [-0.2, 0) is 6.42 Å². The molecule has 0 spiro atoms. The van der Waals surface area contributed by atoms with Crippen LogP contribution >= 0.6 is 12.6 Å². The lowest BCUT2D eigenvalue weighted by Gasteiger charge is -1.94. The Kier molecular flexibility index (Phi) is 2.32. The molecule has 0 saturated heterocycles. The van der Waals surface area contributed by atoms with E-state index in [1.807, 2.05) is 6.92 Å². The molecule has 3 nitrogen and oxygen atoms in total. The average molecular weight is 158 g/mol. The van der Waals surface area contributed by atoms with Crippen molar-refractivity contribution in [2.75, 3.05) is 0 Å². The van der Waals surface area contributed by atoms with Crippen LogP contribution in [0.25, 0.3) is 0 Å². The predicted octanol–water partition coefficient (Wildman–Crippen LogP) is 1.24. The molecule has 0 amide bonds. The molecule has 56 valence electrons. The zero-order chi connectivity index (χ0) is 7.56. The largest absolute Gasteiger partial charge is 0.339 e. The monoisotopic (exact) mass is 158 g/mol. The van der Waals surface area contributed by atoms with E-state index in [9.17, 15) is 0 Å². The third kappa shape index (κ3) is 2.02. The van der Waals surface area contributed by atoms with Crippen molar-refractivity contribution < 1.29 is 4.52 Å². The van der Waals surface area contributed by atoms with E-state index in [1.54, 1.807) is 6.92 Å². The van der Waals surface area contributed by atoms with Crippen molar-refractivity contribution in [2.24, 2.45) is 0 Å². The molecule has 0 aliphatic rings. The van der Waals surface area contributed by atoms with Gasteiger partial charge in [-0.05, 0) is 6.92 Å². The minimum Gasteiger partial charge on any atom is -0.339 e. The van der Waals surface area contributed by atoms with Gasteiger partial charge in [-0.25, -0.2) is 0 Å². The van der Waals surface area contributed by atoms with Crippen molar-refractivity contribution in [1.82, 2.24) is 10.1 Å². The molecule has 4 heteroatoms. The van der Waals surface area contributed by atoms with Crippen LogP contribution in [0.3, 0.4) is 0 Å². The van der Waals surface area contributed by atoms with Gasteiger partial charge in [0.2, 0.25) is 5.89 Å². The van der Waals surface area contributed by atoms with E-state index in [-0.39, 0.29) is 5.25 Å². The molecule has 0 radical (unpaired) electrons. The molecule has 1 atom stereocenters. The molecular weight excluding hydrogens is 148 g/mol. The quantitative estimate of drug-likeness (QED) is 0.658. The molecule has 1 aromatic rings. The van der Waals surface area contributed by atoms with Crippen LogP contribution in [0.4, 0.5) is 0 Å². The summed E-state index contributed by atoms with van der Waals surface area (Å²) in [6.07, 6.45) is 0.740. The van der Waals surface area contributed by atoms with Crippen LogP contribution in [0.5, 0.6) is 0 Å². The molecule has 0 fully saturated rings. The Morgan fingerprint density at radius 1 is 1.70 bits per heavy atom. The van der Waals surface area contributed by atoms with Gasteiger partial charge in [-0.3, -0.25) is 0 Å². The molecular formula is C6H10N2OS. The van der Waals surface area contributed by atoms with Crippen LogP contribution in [0.2, 0.25) is 0 Å². The molecule has 1 rings (SSSR count). The third-order valence-electron chi connectivity index (χ3n) is 1.04. The number of nitrogens with zero attached hydrogens (tertiary/aromatic N) is 2. The maximum Gasteiger partial charge on any atom is 0.227 e. The summed E-state index contributed by atoms with van der Waals surface area (Å²) in [4.78, 5) is 4.02. The highest BCUT2D eigenvalue weighted by atomic mass is 32.1. The lowest BCUT2D eigenvalue weighted by atomic mass is 10.3. The predicted molar refractivity (Wildman–Crippen MR) is 41.2 cm³/mol. The summed E-state index contributed by atoms with van der Waals surface area (Å²) in [5.41, 5.74) is 0. The number of aryl methyl sites for hydroxylation is 1. The number of hydrogen-bond donors (Lipinski definition) is 1. The van der Waals surface area contributed by atoms with Gasteiger partial charge >= 0.3 is 0 Å². The van der Waals surface area contributed by atoms with E-state index in [0.717, 1.165) is 6.42 Å². The van der Waals surface area contributed by atoms with Crippen LogP contribution in [0.1, 0.15) is 18.6 Å². The van der Waals surface area contributed by atoms with E-state index in [4.69, 9.17) is 4.52 Å². The van der Waals surface area contributed by atoms with Crippen LogP contribution < -0.4 is 0 Å². The molecule has 0 N–H and O–H groups in total. The number of rotatable bonds is 2. The molecule has 1 aromatic heterocycles. The SMILES string of the molecule is Cc1noc(CC(C)S)n1. The summed E-state index contributed by atoms with van der Waals surface area (Å²) in [6, 6.07) is 0. The summed E-state index contributed by atoms with van der Waals surface area (Å²) in [6.45, 7) is 3.79. The minimum atomic E-state index is 0.278. The number of thiol groups is 1. The first-order valence-corrected chi connectivity index (χ1v) is 3.67. The molecule has 0 aliphatic carbocycles. The van der Waals surface area contributed by atoms with Crippen LogP contribution in [-0.4, -0.2) is 15.4 Å². The molecule has 10 heavy (non-hydrogen) atoms. The lowest BCUT2D eigenvalue weighted by molar-refractivity contribution is 0.375. The van der Waals surface area contributed by atoms with Gasteiger partial charge in [-0.1, -0.05) is 12.1 Å². The third-order valence-corrected chi connectivity index (χ3v) is 1.22. The van der Waals surface area contributed by atoms with Crippen LogP contribution in [0, 0.1) is 6.92 Å². The van der Waals surface area contributed by atoms with Gasteiger partial charge in [0.15, 0.2) is 5.82 Å². The topological polar surface area (TPSA) is 38.9 Å². The normalized spacial score (nSPS) is 13.5. The average Bonchev–Trinajstić information content (AvgIpc) is 2.13. The second-order valence-corrected chi connectivity index (χ2v) is 3.17. The second-order valence-electron chi connectivity index (χ2n) is 2.29. The highest BCUT2D eigenvalue weighted by Gasteiger charge is 2.04. The van der Waals surface area contributed by atoms with Crippen molar-refractivity contribution in [3.05, 3.63) is 11.7 Å². The second kappa shape index (κ2) is 3.05. The Bertz CT molecular complexity index is 209. The fraction of sp³-hybridized carbons (Fsp3) is 0.667. The van der Waals surface area contributed by atoms with E-state index in [0.29, 0.717) is 11.7 Å². The maximum atomic E-state index is 4.87. The fourth-order valence-electron chi connectivity index (χ4n) is 0.676. The Balaban J connectivity index is 2.58. The number of hydrogen-bond acceptors (Lipinski definition) is 4. The van der Waals surface area contributed by atoms with Gasteiger partial charge in [0.25, 0.3) is 0 Å². The molecule has 0 bridgehead atoms. The summed E-state index contributed by atoms with van der Waals surface area (Å²) in [5.74, 6) is 1.35. The summed E-state index contributed by atoms with van der Waals surface area (Å²) < 4.78 is 4.87. The fourth-order valence-corrected chi connectivity index (χ4v) is 0.832. The van der Waals surface area contributed by atoms with Gasteiger partial charge in [0, 0.05) is 11.7 Å². The highest BCUT2D eigenvalue weighted by molar-refractivity contribution is 7.80. The van der Waals surface area contributed by atoms with Gasteiger partial charge in [0.1, 0.15) is 0 Å². The van der Waals surface area contributed by atoms with Gasteiger partial charge in [0.05, 0.1) is 0 Å². The molecule has 0 saturated carbocycles. The lowest BCUT2D eigenvalue weighted by Crippen LogP contribution is -1.96. The van der Waals surface area contributed by atoms with Crippen molar-refractivity contribution in [1.29, 1.82) is 0 Å². The molecule has 1 heterocycles. The van der Waals surface area contributed by atoms with Gasteiger partial charge in [-0.2, -0.15) is 17.6 Å². The number of aromatic nitrogens is 2. The van der Waals surface area contributed by atoms with Crippen molar-refractivity contribution in [3.63, 3.8) is 0 Å². The summed E-state index contributed by atoms with van der Waals surface area (Å²) >= 11 is 4.19. The first-order valence-electron chi connectivity index (χ1n) is 3.15. The van der Waals surface area contributed by atoms with Crippen molar-refractivity contribution in [3.8, 4) is 0 Å². The van der Waals surface area contributed by atoms with E-state index >= 15 is 0 Å². The van der Waals surface area contributed by atoms with E-state index < -0.39 is 0 Å². The van der Waals surface area contributed by atoms with E-state index in [1.165, 1.54) is 0 Å². The Labute approximate surface area is 65.2 Å². The van der Waals surface area contributed by atoms with Crippen molar-refractivity contribution in [2.45, 2.75) is 25.5 Å². The minimum absolute atomic E-state index is 0.278. The Hall–Kier alpha value is -0.510. The zero-order valence-electron chi connectivity index (χ0n) is 6.03. The van der Waals surface area contributed by atoms with E-state index in [2.05, 4.69) is 22.8 Å². The Morgan fingerprint density at radius 2 is 2.40 bits per heavy atom. The first-order chi connectivity index (χ1) is 4.68. The van der Waals surface area contributed by atoms with Crippen LogP contribution in [0.15, 0.2) is 4.52 Å². The smallest absolute Gasteiger partial charge is 0.227 e. The molecule has 0 aromatic carbocycles.